The van der Waals surface area contributed by atoms with E-state index in [-0.39, 0.29) is 6.10 Å². The van der Waals surface area contributed by atoms with Gasteiger partial charge in [0.2, 0.25) is 0 Å². The van der Waals surface area contributed by atoms with Gasteiger partial charge in [0.25, 0.3) is 0 Å². The van der Waals surface area contributed by atoms with Gasteiger partial charge < -0.3 is 5.11 Å². The second-order valence-electron chi connectivity index (χ2n) is 3.79. The van der Waals surface area contributed by atoms with Crippen LogP contribution in [0.2, 0.25) is 0 Å². The van der Waals surface area contributed by atoms with Gasteiger partial charge in [-0.25, -0.2) is 0 Å². The van der Waals surface area contributed by atoms with Crippen molar-refractivity contribution in [2.75, 3.05) is 0 Å². The molecule has 0 amide bonds. The van der Waals surface area contributed by atoms with Crippen LogP contribution in [0.4, 0.5) is 0 Å². The van der Waals surface area contributed by atoms with E-state index in [9.17, 15) is 5.11 Å². The molecule has 1 heteroatoms. The molecular formula is C13H24O. The van der Waals surface area contributed by atoms with Crippen LogP contribution in [0.1, 0.15) is 65.2 Å². The smallest absolute Gasteiger partial charge is 0.114 e. The number of aliphatic hydroxyl groups excluding tert-OH is 1. The number of unbranched alkanes of at least 4 members (excludes halogenated alkanes) is 5. The minimum Gasteiger partial charge on any atom is -0.380 e. The molecule has 1 atom stereocenters. The van der Waals surface area contributed by atoms with Gasteiger partial charge in [-0.2, -0.15) is 0 Å². The van der Waals surface area contributed by atoms with Crippen molar-refractivity contribution in [1.82, 2.24) is 0 Å². The van der Waals surface area contributed by atoms with E-state index in [0.717, 1.165) is 25.7 Å². The highest BCUT2D eigenvalue weighted by atomic mass is 16.3. The highest BCUT2D eigenvalue weighted by Gasteiger charge is 1.97. The molecule has 1 nitrogen and oxygen atoms in total. The Hall–Kier alpha value is -0.480. The molecule has 0 rings (SSSR count). The molecule has 0 fully saturated rings. The third-order valence-corrected chi connectivity index (χ3v) is 2.26. The Morgan fingerprint density at radius 2 is 1.71 bits per heavy atom. The summed E-state index contributed by atoms with van der Waals surface area (Å²) in [5.74, 6) is 5.93. The molecule has 14 heavy (non-hydrogen) atoms. The van der Waals surface area contributed by atoms with Crippen molar-refractivity contribution in [3.8, 4) is 11.8 Å². The zero-order chi connectivity index (χ0) is 10.6. The van der Waals surface area contributed by atoms with Gasteiger partial charge >= 0.3 is 0 Å². The van der Waals surface area contributed by atoms with E-state index in [2.05, 4.69) is 25.7 Å². The normalized spacial score (nSPS) is 11.9. The first-order valence-electron chi connectivity index (χ1n) is 5.97. The molecule has 0 spiro atoms. The van der Waals surface area contributed by atoms with Gasteiger partial charge in [0.05, 0.1) is 0 Å². The number of rotatable bonds is 7. The van der Waals surface area contributed by atoms with Crippen molar-refractivity contribution in [2.24, 2.45) is 0 Å². The Balaban J connectivity index is 3.33. The van der Waals surface area contributed by atoms with Crippen molar-refractivity contribution >= 4 is 0 Å². The summed E-state index contributed by atoms with van der Waals surface area (Å²) in [4.78, 5) is 0. The van der Waals surface area contributed by atoms with E-state index in [4.69, 9.17) is 0 Å². The second-order valence-corrected chi connectivity index (χ2v) is 3.79. The molecule has 0 aliphatic carbocycles. The molecule has 0 saturated heterocycles. The van der Waals surface area contributed by atoms with Gasteiger partial charge in [0.15, 0.2) is 0 Å². The van der Waals surface area contributed by atoms with Gasteiger partial charge in [-0.15, -0.1) is 5.92 Å². The van der Waals surface area contributed by atoms with Crippen molar-refractivity contribution in [3.63, 3.8) is 0 Å². The van der Waals surface area contributed by atoms with Crippen LogP contribution < -0.4 is 0 Å². The molecule has 0 heterocycles. The Morgan fingerprint density at radius 3 is 2.36 bits per heavy atom. The standard InChI is InChI=1S/C13H24O/c1-3-5-7-9-11-13(14)12-10-8-6-4-2/h13-14H,3-9,11H2,1-2H3. The summed E-state index contributed by atoms with van der Waals surface area (Å²) in [7, 11) is 0. The summed E-state index contributed by atoms with van der Waals surface area (Å²) in [6.45, 7) is 4.35. The first-order valence-corrected chi connectivity index (χ1v) is 5.97. The van der Waals surface area contributed by atoms with E-state index >= 15 is 0 Å². The largest absolute Gasteiger partial charge is 0.380 e. The molecule has 0 saturated carbocycles. The van der Waals surface area contributed by atoms with Gasteiger partial charge in [-0.1, -0.05) is 45.5 Å². The minimum atomic E-state index is -0.385. The van der Waals surface area contributed by atoms with E-state index in [1.807, 2.05) is 0 Å². The Kier molecular flexibility index (Phi) is 10.2. The highest BCUT2D eigenvalue weighted by Crippen LogP contribution is 2.04. The van der Waals surface area contributed by atoms with Crippen molar-refractivity contribution in [1.29, 1.82) is 0 Å². The Bertz CT molecular complexity index is 164. The third-order valence-electron chi connectivity index (χ3n) is 2.26. The van der Waals surface area contributed by atoms with Crippen LogP contribution in [-0.4, -0.2) is 11.2 Å². The predicted octanol–water partition coefficient (Wildman–Crippen LogP) is 3.51. The summed E-state index contributed by atoms with van der Waals surface area (Å²) in [6, 6.07) is 0. The number of hydrogen-bond donors (Lipinski definition) is 1. The Morgan fingerprint density at radius 1 is 1.00 bits per heavy atom. The molecule has 0 aliphatic heterocycles. The van der Waals surface area contributed by atoms with E-state index < -0.39 is 0 Å². The van der Waals surface area contributed by atoms with Crippen LogP contribution in [0.25, 0.3) is 0 Å². The molecule has 82 valence electrons. The fourth-order valence-electron chi connectivity index (χ4n) is 1.29. The van der Waals surface area contributed by atoms with Crippen LogP contribution in [0, 0.1) is 11.8 Å². The molecular weight excluding hydrogens is 172 g/mol. The maximum Gasteiger partial charge on any atom is 0.114 e. The topological polar surface area (TPSA) is 20.2 Å². The zero-order valence-corrected chi connectivity index (χ0v) is 9.68. The predicted molar refractivity (Wildman–Crippen MR) is 62.1 cm³/mol. The highest BCUT2D eigenvalue weighted by molar-refractivity contribution is 5.04. The number of hydrogen-bond acceptors (Lipinski definition) is 1. The van der Waals surface area contributed by atoms with Gasteiger partial charge in [0, 0.05) is 6.42 Å². The summed E-state index contributed by atoms with van der Waals surface area (Å²) < 4.78 is 0. The first kappa shape index (κ1) is 13.5. The maximum atomic E-state index is 9.47. The lowest BCUT2D eigenvalue weighted by atomic mass is 10.1. The summed E-state index contributed by atoms with van der Waals surface area (Å²) in [5, 5.41) is 9.47. The second kappa shape index (κ2) is 10.6. The monoisotopic (exact) mass is 196 g/mol. The SMILES string of the molecule is CCCCC#CC(O)CCCCCC. The fourth-order valence-corrected chi connectivity index (χ4v) is 1.29. The quantitative estimate of drug-likeness (QED) is 0.488. The van der Waals surface area contributed by atoms with Gasteiger partial charge in [0.1, 0.15) is 6.10 Å². The average Bonchev–Trinajstić information content (AvgIpc) is 2.19. The molecule has 0 aliphatic rings. The lowest BCUT2D eigenvalue weighted by Gasteiger charge is -2.01. The van der Waals surface area contributed by atoms with Crippen LogP contribution in [0.5, 0.6) is 0 Å². The lowest BCUT2D eigenvalue weighted by molar-refractivity contribution is 0.217. The molecule has 0 bridgehead atoms. The molecule has 0 aromatic rings. The number of aliphatic hydroxyl groups is 1. The van der Waals surface area contributed by atoms with Crippen molar-refractivity contribution < 1.29 is 5.11 Å². The van der Waals surface area contributed by atoms with Crippen LogP contribution in [0.15, 0.2) is 0 Å². The van der Waals surface area contributed by atoms with Crippen molar-refractivity contribution in [3.05, 3.63) is 0 Å². The van der Waals surface area contributed by atoms with Gasteiger partial charge in [-0.05, 0) is 19.3 Å². The molecule has 1 N–H and O–H groups in total. The van der Waals surface area contributed by atoms with Crippen LogP contribution in [-0.2, 0) is 0 Å². The average molecular weight is 196 g/mol. The van der Waals surface area contributed by atoms with E-state index in [1.165, 1.54) is 25.7 Å². The molecule has 0 radical (unpaired) electrons. The van der Waals surface area contributed by atoms with E-state index in [0.29, 0.717) is 0 Å². The molecule has 0 aromatic heterocycles. The summed E-state index contributed by atoms with van der Waals surface area (Å²) in [5.41, 5.74) is 0. The minimum absolute atomic E-state index is 0.385. The maximum absolute atomic E-state index is 9.47. The van der Waals surface area contributed by atoms with Crippen LogP contribution in [0.3, 0.4) is 0 Å². The summed E-state index contributed by atoms with van der Waals surface area (Å²) in [6.07, 6.45) is 8.58. The lowest BCUT2D eigenvalue weighted by Crippen LogP contribution is -2.02. The molecule has 1 unspecified atom stereocenters. The first-order chi connectivity index (χ1) is 6.81. The fraction of sp³-hybridized carbons (Fsp3) is 0.846. The zero-order valence-electron chi connectivity index (χ0n) is 9.68. The van der Waals surface area contributed by atoms with Gasteiger partial charge in [-0.3, -0.25) is 0 Å². The molecule has 0 aromatic carbocycles. The third kappa shape index (κ3) is 9.61. The van der Waals surface area contributed by atoms with Crippen molar-refractivity contribution in [2.45, 2.75) is 71.3 Å². The Labute approximate surface area is 88.9 Å². The summed E-state index contributed by atoms with van der Waals surface area (Å²) >= 11 is 0. The van der Waals surface area contributed by atoms with Crippen LogP contribution >= 0.6 is 0 Å². The van der Waals surface area contributed by atoms with E-state index in [1.54, 1.807) is 0 Å².